The lowest BCUT2D eigenvalue weighted by Crippen LogP contribution is -2.05. The van der Waals surface area contributed by atoms with Gasteiger partial charge in [-0.25, -0.2) is 0 Å². The highest BCUT2D eigenvalue weighted by molar-refractivity contribution is 5.63. The molecular weight excluding hydrogens is 110 g/mol. The second kappa shape index (κ2) is 5.80. The van der Waals surface area contributed by atoms with E-state index < -0.39 is 0 Å². The first-order valence-corrected chi connectivity index (χ1v) is 3.49. The Hall–Kier alpha value is -0.330. The maximum absolute atomic E-state index is 3.88. The minimum Gasteiger partial charge on any atom is -0.300 e. The van der Waals surface area contributed by atoms with Gasteiger partial charge in [-0.05, 0) is 5.41 Å². The Morgan fingerprint density at radius 2 is 1.44 bits per heavy atom. The van der Waals surface area contributed by atoms with Gasteiger partial charge in [0.25, 0.3) is 0 Å². The Balaban J connectivity index is 0. The van der Waals surface area contributed by atoms with Gasteiger partial charge in [-0.15, -0.1) is 0 Å². The lowest BCUT2D eigenvalue weighted by molar-refractivity contribution is 0.606. The van der Waals surface area contributed by atoms with Gasteiger partial charge in [0.05, 0.1) is 0 Å². The molecule has 0 amide bonds. The Morgan fingerprint density at radius 3 is 1.44 bits per heavy atom. The van der Waals surface area contributed by atoms with Crippen LogP contribution in [0.15, 0.2) is 4.99 Å². The van der Waals surface area contributed by atoms with E-state index in [4.69, 9.17) is 0 Å². The van der Waals surface area contributed by atoms with Gasteiger partial charge in [-0.3, -0.25) is 0 Å². The Kier molecular flexibility index (Phi) is 7.39. The Bertz CT molecular complexity index is 67.1. The van der Waals surface area contributed by atoms with Crippen LogP contribution in [0.4, 0.5) is 0 Å². The number of nitrogens with zero attached hydrogens (tertiary/aromatic N) is 1. The van der Waals surface area contributed by atoms with E-state index in [9.17, 15) is 0 Å². The first-order valence-electron chi connectivity index (χ1n) is 3.49. The number of aliphatic imine (C=N–C) groups is 1. The van der Waals surface area contributed by atoms with Crippen LogP contribution >= 0.6 is 0 Å². The smallest absolute Gasteiger partial charge is 0.0273 e. The van der Waals surface area contributed by atoms with Gasteiger partial charge in [0.15, 0.2) is 0 Å². The molecule has 0 unspecified atom stereocenters. The molecule has 0 heterocycles. The lowest BCUT2D eigenvalue weighted by Gasteiger charge is -2.08. The van der Waals surface area contributed by atoms with Gasteiger partial charge in [-0.1, -0.05) is 34.6 Å². The molecule has 0 aromatic carbocycles. The summed E-state index contributed by atoms with van der Waals surface area (Å²) < 4.78 is 0. The van der Waals surface area contributed by atoms with Crippen LogP contribution in [0.25, 0.3) is 0 Å². The molecule has 0 saturated carbocycles. The van der Waals surface area contributed by atoms with Crippen LogP contribution in [0, 0.1) is 5.41 Å². The maximum Gasteiger partial charge on any atom is 0.0273 e. The summed E-state index contributed by atoms with van der Waals surface area (Å²) in [4.78, 5) is 3.88. The monoisotopic (exact) mass is 129 g/mol. The third-order valence-electron chi connectivity index (χ3n) is 0.516. The molecule has 0 atom stereocenters. The minimum absolute atomic E-state index is 0.259. The molecular formula is C8H19N. The van der Waals surface area contributed by atoms with Crippen LogP contribution in [0.2, 0.25) is 0 Å². The highest BCUT2D eigenvalue weighted by atomic mass is 14.6. The third kappa shape index (κ3) is 18.3. The van der Waals surface area contributed by atoms with Gasteiger partial charge >= 0.3 is 0 Å². The first-order chi connectivity index (χ1) is 4.06. The standard InChI is InChI=1S/C6H13N.C2H6/c1-6(2,3)5-7-4;1-2/h5H,1-4H3;1-2H3. The number of hydrogen-bond donors (Lipinski definition) is 0. The third-order valence-corrected chi connectivity index (χ3v) is 0.516. The summed E-state index contributed by atoms with van der Waals surface area (Å²) in [5, 5.41) is 0. The van der Waals surface area contributed by atoms with Gasteiger partial charge in [-0.2, -0.15) is 0 Å². The molecule has 0 aromatic rings. The zero-order chi connectivity index (χ0) is 7.91. The Morgan fingerprint density at radius 1 is 1.11 bits per heavy atom. The van der Waals surface area contributed by atoms with E-state index in [0.717, 1.165) is 0 Å². The van der Waals surface area contributed by atoms with Crippen LogP contribution in [-0.4, -0.2) is 13.3 Å². The van der Waals surface area contributed by atoms with Crippen molar-refractivity contribution in [1.29, 1.82) is 0 Å². The Labute approximate surface area is 59.2 Å². The molecule has 0 aliphatic rings. The lowest BCUT2D eigenvalue weighted by atomic mass is 9.99. The summed E-state index contributed by atoms with van der Waals surface area (Å²) in [5.74, 6) is 0. The van der Waals surface area contributed by atoms with Crippen LogP contribution in [0.1, 0.15) is 34.6 Å². The molecule has 0 rings (SSSR count). The normalized spacial score (nSPS) is 10.9. The van der Waals surface area contributed by atoms with Crippen molar-refractivity contribution in [3.05, 3.63) is 0 Å². The fourth-order valence-electron chi connectivity index (χ4n) is 0.387. The van der Waals surface area contributed by atoms with Crippen molar-refractivity contribution >= 4 is 6.21 Å². The van der Waals surface area contributed by atoms with E-state index in [2.05, 4.69) is 25.8 Å². The molecule has 9 heavy (non-hydrogen) atoms. The molecule has 0 aliphatic heterocycles. The van der Waals surface area contributed by atoms with E-state index in [1.807, 2.05) is 20.1 Å². The zero-order valence-corrected chi connectivity index (χ0v) is 7.52. The molecule has 1 heteroatoms. The molecule has 0 saturated heterocycles. The van der Waals surface area contributed by atoms with Crippen LogP contribution in [0.3, 0.4) is 0 Å². The fourth-order valence-corrected chi connectivity index (χ4v) is 0.387. The summed E-state index contributed by atoms with van der Waals surface area (Å²) in [5.41, 5.74) is 0.259. The molecule has 0 spiro atoms. The summed E-state index contributed by atoms with van der Waals surface area (Å²) >= 11 is 0. The second-order valence-corrected chi connectivity index (χ2v) is 2.75. The number of rotatable bonds is 0. The average Bonchev–Trinajstić information content (AvgIpc) is 1.69. The molecule has 0 fully saturated rings. The largest absolute Gasteiger partial charge is 0.300 e. The van der Waals surface area contributed by atoms with Gasteiger partial charge < -0.3 is 4.99 Å². The highest BCUT2D eigenvalue weighted by Crippen LogP contribution is 2.07. The SMILES string of the molecule is CC.CN=CC(C)(C)C. The van der Waals surface area contributed by atoms with Crippen LogP contribution < -0.4 is 0 Å². The van der Waals surface area contributed by atoms with E-state index in [-0.39, 0.29) is 5.41 Å². The second-order valence-electron chi connectivity index (χ2n) is 2.75. The topological polar surface area (TPSA) is 12.4 Å². The van der Waals surface area contributed by atoms with E-state index >= 15 is 0 Å². The van der Waals surface area contributed by atoms with Gasteiger partial charge in [0.2, 0.25) is 0 Å². The predicted octanol–water partition coefficient (Wildman–Crippen LogP) is 2.76. The zero-order valence-electron chi connectivity index (χ0n) is 7.52. The fraction of sp³-hybridized carbons (Fsp3) is 0.875. The van der Waals surface area contributed by atoms with Crippen LogP contribution in [0.5, 0.6) is 0 Å². The summed E-state index contributed by atoms with van der Waals surface area (Å²) in [7, 11) is 1.80. The van der Waals surface area contributed by atoms with Crippen molar-refractivity contribution in [1.82, 2.24) is 0 Å². The molecule has 0 N–H and O–H groups in total. The highest BCUT2D eigenvalue weighted by Gasteiger charge is 2.02. The van der Waals surface area contributed by atoms with Crippen molar-refractivity contribution in [2.45, 2.75) is 34.6 Å². The minimum atomic E-state index is 0.259. The van der Waals surface area contributed by atoms with Gasteiger partial charge in [0, 0.05) is 13.3 Å². The summed E-state index contributed by atoms with van der Waals surface area (Å²) in [6.07, 6.45) is 1.94. The molecule has 0 aliphatic carbocycles. The quantitative estimate of drug-likeness (QED) is 0.446. The molecule has 0 bridgehead atoms. The predicted molar refractivity (Wildman–Crippen MR) is 45.2 cm³/mol. The molecule has 1 nitrogen and oxygen atoms in total. The van der Waals surface area contributed by atoms with Crippen molar-refractivity contribution < 1.29 is 0 Å². The summed E-state index contributed by atoms with van der Waals surface area (Å²) in [6, 6.07) is 0. The van der Waals surface area contributed by atoms with Crippen LogP contribution in [-0.2, 0) is 0 Å². The molecule has 0 aromatic heterocycles. The summed E-state index contributed by atoms with van der Waals surface area (Å²) in [6.45, 7) is 10.4. The van der Waals surface area contributed by atoms with Crippen molar-refractivity contribution in [2.75, 3.05) is 7.05 Å². The van der Waals surface area contributed by atoms with Crippen molar-refractivity contribution in [2.24, 2.45) is 10.4 Å². The van der Waals surface area contributed by atoms with E-state index in [1.54, 1.807) is 7.05 Å². The number of hydrogen-bond acceptors (Lipinski definition) is 1. The van der Waals surface area contributed by atoms with Crippen molar-refractivity contribution in [3.63, 3.8) is 0 Å². The van der Waals surface area contributed by atoms with E-state index in [0.29, 0.717) is 0 Å². The van der Waals surface area contributed by atoms with Gasteiger partial charge in [0.1, 0.15) is 0 Å². The first kappa shape index (κ1) is 11.5. The maximum atomic E-state index is 3.88. The van der Waals surface area contributed by atoms with Crippen molar-refractivity contribution in [3.8, 4) is 0 Å². The average molecular weight is 129 g/mol. The van der Waals surface area contributed by atoms with E-state index in [1.165, 1.54) is 0 Å². The molecule has 0 radical (unpaired) electrons. The molecule has 56 valence electrons.